The van der Waals surface area contributed by atoms with Gasteiger partial charge in [-0.2, -0.15) is 0 Å². The van der Waals surface area contributed by atoms with Gasteiger partial charge in [-0.3, -0.25) is 0 Å². The highest BCUT2D eigenvalue weighted by molar-refractivity contribution is 7.99. The lowest BCUT2D eigenvalue weighted by atomic mass is 9.97. The fourth-order valence-electron chi connectivity index (χ4n) is 2.79. The zero-order chi connectivity index (χ0) is 14.2. The summed E-state index contributed by atoms with van der Waals surface area (Å²) in [5.41, 5.74) is 0. The number of hydrogen-bond acceptors (Lipinski definition) is 5. The van der Waals surface area contributed by atoms with E-state index in [1.54, 1.807) is 11.8 Å². The number of aliphatic hydroxyl groups excluding tert-OH is 1. The van der Waals surface area contributed by atoms with Crippen molar-refractivity contribution in [3.63, 3.8) is 0 Å². The van der Waals surface area contributed by atoms with Crippen molar-refractivity contribution >= 4 is 11.8 Å². The second kappa shape index (κ2) is 5.66. The summed E-state index contributed by atoms with van der Waals surface area (Å²) in [6.45, 7) is 4.36. The minimum absolute atomic E-state index is 0.0926. The zero-order valence-electron chi connectivity index (χ0n) is 11.8. The number of ether oxygens (including phenoxy) is 2. The van der Waals surface area contributed by atoms with Crippen LogP contribution in [0.25, 0.3) is 0 Å². The summed E-state index contributed by atoms with van der Waals surface area (Å²) >= 11 is 1.80. The summed E-state index contributed by atoms with van der Waals surface area (Å²) < 4.78 is 11.8. The van der Waals surface area contributed by atoms with Gasteiger partial charge in [0, 0.05) is 23.2 Å². The van der Waals surface area contributed by atoms with Crippen LogP contribution in [0.2, 0.25) is 0 Å². The molecule has 0 saturated carbocycles. The maximum Gasteiger partial charge on any atom is 0.163 e. The largest absolute Gasteiger partial charge is 0.389 e. The summed E-state index contributed by atoms with van der Waals surface area (Å²) in [4.78, 5) is 1.25. The molecule has 2 saturated heterocycles. The van der Waals surface area contributed by atoms with Gasteiger partial charge in [-0.25, -0.2) is 0 Å². The van der Waals surface area contributed by atoms with Gasteiger partial charge in [0.25, 0.3) is 0 Å². The van der Waals surface area contributed by atoms with E-state index in [2.05, 4.69) is 17.4 Å². The lowest BCUT2D eigenvalue weighted by molar-refractivity contribution is -0.153. The molecule has 0 bridgehead atoms. The number of aliphatic hydroxyl groups is 1. The van der Waals surface area contributed by atoms with Gasteiger partial charge < -0.3 is 19.9 Å². The summed E-state index contributed by atoms with van der Waals surface area (Å²) in [5.74, 6) is 0.287. The summed E-state index contributed by atoms with van der Waals surface area (Å²) in [7, 11) is 0. The Balaban J connectivity index is 1.65. The predicted molar refractivity (Wildman–Crippen MR) is 78.8 cm³/mol. The average molecular weight is 295 g/mol. The van der Waals surface area contributed by atoms with Crippen molar-refractivity contribution in [2.75, 3.05) is 12.3 Å². The highest BCUT2D eigenvalue weighted by atomic mass is 32.2. The van der Waals surface area contributed by atoms with E-state index in [4.69, 9.17) is 9.47 Å². The third kappa shape index (κ3) is 3.02. The molecule has 4 nitrogen and oxygen atoms in total. The maximum absolute atomic E-state index is 10.0. The smallest absolute Gasteiger partial charge is 0.163 e. The SMILES string of the molecule is CC1(C)O[C@H]2[C@H](O1)[C@@H](CSc1ccccc1)NC[C@H]2O. The monoisotopic (exact) mass is 295 g/mol. The topological polar surface area (TPSA) is 50.7 Å². The van der Waals surface area contributed by atoms with Crippen molar-refractivity contribution in [3.05, 3.63) is 30.3 Å². The summed E-state index contributed by atoms with van der Waals surface area (Å²) in [6.07, 6.45) is -0.822. The minimum atomic E-state index is -0.613. The molecule has 1 aromatic carbocycles. The molecular formula is C15H21NO3S. The van der Waals surface area contributed by atoms with Crippen molar-refractivity contribution in [2.45, 2.75) is 48.9 Å². The lowest BCUT2D eigenvalue weighted by Gasteiger charge is -2.35. The van der Waals surface area contributed by atoms with Crippen LogP contribution in [0.4, 0.5) is 0 Å². The van der Waals surface area contributed by atoms with Crippen LogP contribution in [0.15, 0.2) is 35.2 Å². The van der Waals surface area contributed by atoms with Gasteiger partial charge in [-0.1, -0.05) is 18.2 Å². The van der Waals surface area contributed by atoms with Crippen LogP contribution >= 0.6 is 11.8 Å². The second-order valence-electron chi connectivity index (χ2n) is 5.77. The Bertz CT molecular complexity index is 454. The molecule has 0 amide bonds. The van der Waals surface area contributed by atoms with Crippen LogP contribution in [-0.2, 0) is 9.47 Å². The van der Waals surface area contributed by atoms with E-state index >= 15 is 0 Å². The Labute approximate surface area is 123 Å². The molecule has 3 rings (SSSR count). The Morgan fingerprint density at radius 2 is 1.95 bits per heavy atom. The fraction of sp³-hybridized carbons (Fsp3) is 0.600. The first-order chi connectivity index (χ1) is 9.55. The second-order valence-corrected chi connectivity index (χ2v) is 6.86. The third-order valence-corrected chi connectivity index (χ3v) is 4.83. The molecule has 2 heterocycles. The maximum atomic E-state index is 10.0. The van der Waals surface area contributed by atoms with E-state index in [-0.39, 0.29) is 18.2 Å². The molecule has 2 N–H and O–H groups in total. The number of rotatable bonds is 3. The van der Waals surface area contributed by atoms with Gasteiger partial charge in [-0.15, -0.1) is 11.8 Å². The number of hydrogen-bond donors (Lipinski definition) is 2. The van der Waals surface area contributed by atoms with Crippen LogP contribution in [0.5, 0.6) is 0 Å². The molecule has 0 radical (unpaired) electrons. The predicted octanol–water partition coefficient (Wildman–Crippen LogP) is 1.63. The molecule has 0 aliphatic carbocycles. The first-order valence-corrected chi connectivity index (χ1v) is 7.99. The standard InChI is InChI=1S/C15H21NO3S/c1-15(2)18-13-11(16-8-12(17)14(13)19-15)9-20-10-6-4-3-5-7-10/h3-7,11-14,16-17H,8-9H2,1-2H3/t11-,12-,13-,14-/m1/s1. The van der Waals surface area contributed by atoms with E-state index < -0.39 is 11.9 Å². The average Bonchev–Trinajstić information content (AvgIpc) is 2.76. The molecule has 4 atom stereocenters. The molecule has 1 aromatic rings. The summed E-state index contributed by atoms with van der Waals surface area (Å²) in [5, 5.41) is 13.4. The zero-order valence-corrected chi connectivity index (χ0v) is 12.6. The Morgan fingerprint density at radius 3 is 2.70 bits per heavy atom. The molecule has 0 unspecified atom stereocenters. The van der Waals surface area contributed by atoms with Gasteiger partial charge in [-0.05, 0) is 26.0 Å². The normalized spacial score (nSPS) is 35.8. The molecular weight excluding hydrogens is 274 g/mol. The third-order valence-electron chi connectivity index (χ3n) is 3.70. The quantitative estimate of drug-likeness (QED) is 0.830. The van der Waals surface area contributed by atoms with Crippen molar-refractivity contribution in [2.24, 2.45) is 0 Å². The number of nitrogens with one attached hydrogen (secondary N) is 1. The molecule has 0 spiro atoms. The number of β-amino-alcohol motifs (C(OH)–C–C–N with tert-alkyl or cyclic N) is 1. The van der Waals surface area contributed by atoms with Crippen molar-refractivity contribution in [1.29, 1.82) is 0 Å². The van der Waals surface area contributed by atoms with Crippen molar-refractivity contribution in [3.8, 4) is 0 Å². The number of benzene rings is 1. The molecule has 2 fully saturated rings. The molecule has 2 aliphatic heterocycles. The van der Waals surface area contributed by atoms with Crippen molar-refractivity contribution in [1.82, 2.24) is 5.32 Å². The van der Waals surface area contributed by atoms with Gasteiger partial charge in [0.05, 0.1) is 6.10 Å². The number of thioether (sulfide) groups is 1. The van der Waals surface area contributed by atoms with Crippen molar-refractivity contribution < 1.29 is 14.6 Å². The Morgan fingerprint density at radius 1 is 1.25 bits per heavy atom. The lowest BCUT2D eigenvalue weighted by Crippen LogP contribution is -2.59. The first kappa shape index (κ1) is 14.4. The van der Waals surface area contributed by atoms with Crippen LogP contribution in [-0.4, -0.2) is 47.5 Å². The van der Waals surface area contributed by atoms with Gasteiger partial charge in [0.2, 0.25) is 0 Å². The number of piperidine rings is 1. The molecule has 5 heteroatoms. The van der Waals surface area contributed by atoms with E-state index in [9.17, 15) is 5.11 Å². The van der Waals surface area contributed by atoms with Crippen LogP contribution in [0, 0.1) is 0 Å². The van der Waals surface area contributed by atoms with Gasteiger partial charge in [0.15, 0.2) is 5.79 Å². The highest BCUT2D eigenvalue weighted by Gasteiger charge is 2.50. The van der Waals surface area contributed by atoms with Crippen LogP contribution < -0.4 is 5.32 Å². The minimum Gasteiger partial charge on any atom is -0.389 e. The van der Waals surface area contributed by atoms with E-state index in [1.807, 2.05) is 32.0 Å². The molecule has 2 aliphatic rings. The first-order valence-electron chi connectivity index (χ1n) is 7.00. The van der Waals surface area contributed by atoms with Crippen LogP contribution in [0.3, 0.4) is 0 Å². The van der Waals surface area contributed by atoms with E-state index in [0.717, 1.165) is 5.75 Å². The molecule has 20 heavy (non-hydrogen) atoms. The van der Waals surface area contributed by atoms with E-state index in [1.165, 1.54) is 4.90 Å². The van der Waals surface area contributed by atoms with Crippen LogP contribution in [0.1, 0.15) is 13.8 Å². The Hall–Kier alpha value is -0.590. The molecule has 0 aromatic heterocycles. The number of fused-ring (bicyclic) bond motifs is 1. The fourth-order valence-corrected chi connectivity index (χ4v) is 3.82. The van der Waals surface area contributed by atoms with Gasteiger partial charge >= 0.3 is 0 Å². The molecule has 110 valence electrons. The summed E-state index contributed by atoms with van der Waals surface area (Å²) in [6, 6.07) is 10.5. The Kier molecular flexibility index (Phi) is 4.06. The van der Waals surface area contributed by atoms with E-state index in [0.29, 0.717) is 6.54 Å². The van der Waals surface area contributed by atoms with Gasteiger partial charge in [0.1, 0.15) is 12.2 Å². The highest BCUT2D eigenvalue weighted by Crippen LogP contribution is 2.35.